The highest BCUT2D eigenvalue weighted by atomic mass is 16.3. The van der Waals surface area contributed by atoms with E-state index in [-0.39, 0.29) is 6.04 Å². The van der Waals surface area contributed by atoms with Crippen molar-refractivity contribution in [3.8, 4) is 11.1 Å². The SMILES string of the molecule is N[C@@H](c1ccc2c(c1)Cc1ccccc1-2)[C@H](O)Cc1ccccc1. The predicted octanol–water partition coefficient (Wildman–Crippen LogP) is 3.86. The lowest BCUT2D eigenvalue weighted by Crippen LogP contribution is -2.28. The summed E-state index contributed by atoms with van der Waals surface area (Å²) in [5.74, 6) is 0. The van der Waals surface area contributed by atoms with Gasteiger partial charge in [-0.05, 0) is 39.8 Å². The Morgan fingerprint density at radius 2 is 1.54 bits per heavy atom. The quantitative estimate of drug-likeness (QED) is 0.601. The minimum absolute atomic E-state index is 0.376. The molecule has 3 N–H and O–H groups in total. The van der Waals surface area contributed by atoms with Crippen LogP contribution in [0.15, 0.2) is 72.8 Å². The average molecular weight is 315 g/mol. The van der Waals surface area contributed by atoms with E-state index in [1.807, 2.05) is 30.3 Å². The Balaban J connectivity index is 1.56. The smallest absolute Gasteiger partial charge is 0.0773 e. The third kappa shape index (κ3) is 2.75. The van der Waals surface area contributed by atoms with Crippen molar-refractivity contribution in [1.29, 1.82) is 0 Å². The topological polar surface area (TPSA) is 46.2 Å². The van der Waals surface area contributed by atoms with Crippen LogP contribution in [-0.4, -0.2) is 11.2 Å². The van der Waals surface area contributed by atoms with Crippen molar-refractivity contribution in [2.75, 3.05) is 0 Å². The first kappa shape index (κ1) is 15.1. The second kappa shape index (κ2) is 6.23. The third-order valence-electron chi connectivity index (χ3n) is 4.90. The lowest BCUT2D eigenvalue weighted by molar-refractivity contribution is 0.145. The van der Waals surface area contributed by atoms with Crippen LogP contribution in [-0.2, 0) is 12.8 Å². The number of benzene rings is 3. The highest BCUT2D eigenvalue weighted by Gasteiger charge is 2.22. The Morgan fingerprint density at radius 1 is 0.833 bits per heavy atom. The first-order valence-electron chi connectivity index (χ1n) is 8.41. The Morgan fingerprint density at radius 3 is 2.38 bits per heavy atom. The van der Waals surface area contributed by atoms with E-state index in [0.717, 1.165) is 17.5 Å². The van der Waals surface area contributed by atoms with Gasteiger partial charge in [-0.2, -0.15) is 0 Å². The summed E-state index contributed by atoms with van der Waals surface area (Å²) in [6.07, 6.45) is 0.925. The molecule has 4 rings (SSSR count). The van der Waals surface area contributed by atoms with Crippen LogP contribution in [0.1, 0.15) is 28.3 Å². The summed E-state index contributed by atoms with van der Waals surface area (Å²) >= 11 is 0. The lowest BCUT2D eigenvalue weighted by Gasteiger charge is -2.20. The summed E-state index contributed by atoms with van der Waals surface area (Å²) in [5, 5.41) is 10.5. The standard InChI is InChI=1S/C22H21NO/c23-22(21(24)12-15-6-2-1-3-7-15)17-10-11-20-18(14-17)13-16-8-4-5-9-19(16)20/h1-11,14,21-22,24H,12-13,23H2/t21-,22+/m1/s1. The van der Waals surface area contributed by atoms with Gasteiger partial charge in [0.15, 0.2) is 0 Å². The summed E-state index contributed by atoms with van der Waals surface area (Å²) in [6, 6.07) is 24.5. The number of hydrogen-bond acceptors (Lipinski definition) is 2. The van der Waals surface area contributed by atoms with Gasteiger partial charge >= 0.3 is 0 Å². The van der Waals surface area contributed by atoms with Crippen LogP contribution >= 0.6 is 0 Å². The van der Waals surface area contributed by atoms with Gasteiger partial charge in [-0.15, -0.1) is 0 Å². The number of rotatable bonds is 4. The zero-order chi connectivity index (χ0) is 16.5. The average Bonchev–Trinajstić information content (AvgIpc) is 2.99. The second-order valence-corrected chi connectivity index (χ2v) is 6.53. The maximum atomic E-state index is 10.5. The Bertz CT molecular complexity index is 857. The summed E-state index contributed by atoms with van der Waals surface area (Å²) in [4.78, 5) is 0. The molecule has 2 atom stereocenters. The summed E-state index contributed by atoms with van der Waals surface area (Å²) < 4.78 is 0. The van der Waals surface area contributed by atoms with Crippen LogP contribution in [0, 0.1) is 0 Å². The first-order chi connectivity index (χ1) is 11.7. The van der Waals surface area contributed by atoms with E-state index in [4.69, 9.17) is 5.73 Å². The van der Waals surface area contributed by atoms with E-state index < -0.39 is 6.10 Å². The van der Waals surface area contributed by atoms with Gasteiger partial charge in [-0.3, -0.25) is 0 Å². The fraction of sp³-hybridized carbons (Fsp3) is 0.182. The largest absolute Gasteiger partial charge is 0.391 e. The first-order valence-corrected chi connectivity index (χ1v) is 8.41. The maximum absolute atomic E-state index is 10.5. The molecular formula is C22H21NO. The molecule has 24 heavy (non-hydrogen) atoms. The fourth-order valence-corrected chi connectivity index (χ4v) is 3.58. The highest BCUT2D eigenvalue weighted by molar-refractivity contribution is 5.77. The van der Waals surface area contributed by atoms with Crippen molar-refractivity contribution in [3.63, 3.8) is 0 Å². The van der Waals surface area contributed by atoms with Gasteiger partial charge in [0.25, 0.3) is 0 Å². The lowest BCUT2D eigenvalue weighted by atomic mass is 9.94. The zero-order valence-corrected chi connectivity index (χ0v) is 13.5. The molecule has 0 saturated carbocycles. The van der Waals surface area contributed by atoms with Gasteiger partial charge in [0.2, 0.25) is 0 Å². The Labute approximate surface area is 142 Å². The molecule has 1 aliphatic rings. The van der Waals surface area contributed by atoms with Crippen molar-refractivity contribution < 1.29 is 5.11 Å². The Hall–Kier alpha value is -2.42. The van der Waals surface area contributed by atoms with E-state index in [1.165, 1.54) is 22.3 Å². The molecule has 0 heterocycles. The summed E-state index contributed by atoms with van der Waals surface area (Å²) in [7, 11) is 0. The maximum Gasteiger partial charge on any atom is 0.0773 e. The van der Waals surface area contributed by atoms with Crippen LogP contribution in [0.2, 0.25) is 0 Å². The molecule has 0 unspecified atom stereocenters. The van der Waals surface area contributed by atoms with Crippen molar-refractivity contribution in [3.05, 3.63) is 95.1 Å². The van der Waals surface area contributed by atoms with E-state index >= 15 is 0 Å². The molecule has 2 heteroatoms. The summed E-state index contributed by atoms with van der Waals surface area (Å²) in [5.41, 5.74) is 13.7. The molecule has 0 saturated heterocycles. The van der Waals surface area contributed by atoms with Gasteiger partial charge in [-0.25, -0.2) is 0 Å². The predicted molar refractivity (Wildman–Crippen MR) is 97.8 cm³/mol. The van der Waals surface area contributed by atoms with E-state index in [1.54, 1.807) is 0 Å². The van der Waals surface area contributed by atoms with E-state index in [9.17, 15) is 5.11 Å². The molecule has 0 radical (unpaired) electrons. The van der Waals surface area contributed by atoms with Crippen LogP contribution in [0.4, 0.5) is 0 Å². The second-order valence-electron chi connectivity index (χ2n) is 6.53. The molecule has 0 aromatic heterocycles. The molecule has 0 aliphatic heterocycles. The van der Waals surface area contributed by atoms with Crippen LogP contribution in [0.3, 0.4) is 0 Å². The Kier molecular flexibility index (Phi) is 3.93. The molecule has 0 bridgehead atoms. The van der Waals surface area contributed by atoms with Crippen molar-refractivity contribution in [2.45, 2.75) is 25.0 Å². The number of hydrogen-bond donors (Lipinski definition) is 2. The molecule has 3 aromatic carbocycles. The molecule has 2 nitrogen and oxygen atoms in total. The number of fused-ring (bicyclic) bond motifs is 3. The van der Waals surface area contributed by atoms with Crippen molar-refractivity contribution in [1.82, 2.24) is 0 Å². The molecule has 0 spiro atoms. The molecule has 0 amide bonds. The fourth-order valence-electron chi connectivity index (χ4n) is 3.58. The van der Waals surface area contributed by atoms with Gasteiger partial charge < -0.3 is 10.8 Å². The summed E-state index contributed by atoms with van der Waals surface area (Å²) in [6.45, 7) is 0. The number of aliphatic hydroxyl groups excluding tert-OH is 1. The highest BCUT2D eigenvalue weighted by Crippen LogP contribution is 2.37. The number of nitrogens with two attached hydrogens (primary N) is 1. The van der Waals surface area contributed by atoms with Crippen LogP contribution < -0.4 is 5.73 Å². The minimum Gasteiger partial charge on any atom is -0.391 e. The van der Waals surface area contributed by atoms with Gasteiger partial charge in [0.05, 0.1) is 12.1 Å². The van der Waals surface area contributed by atoms with Gasteiger partial charge in [-0.1, -0.05) is 72.8 Å². The van der Waals surface area contributed by atoms with Crippen LogP contribution in [0.25, 0.3) is 11.1 Å². The molecule has 0 fully saturated rings. The van der Waals surface area contributed by atoms with Gasteiger partial charge in [0.1, 0.15) is 0 Å². The van der Waals surface area contributed by atoms with Crippen LogP contribution in [0.5, 0.6) is 0 Å². The zero-order valence-electron chi connectivity index (χ0n) is 13.5. The van der Waals surface area contributed by atoms with Crippen molar-refractivity contribution in [2.24, 2.45) is 5.73 Å². The molecule has 1 aliphatic carbocycles. The van der Waals surface area contributed by atoms with E-state index in [0.29, 0.717) is 6.42 Å². The molecule has 3 aromatic rings. The number of aliphatic hydroxyl groups is 1. The third-order valence-corrected chi connectivity index (χ3v) is 4.90. The van der Waals surface area contributed by atoms with E-state index in [2.05, 4.69) is 42.5 Å². The monoisotopic (exact) mass is 315 g/mol. The molecule has 120 valence electrons. The van der Waals surface area contributed by atoms with Crippen molar-refractivity contribution >= 4 is 0 Å². The normalized spacial score (nSPS) is 14.8. The minimum atomic E-state index is -0.589. The molecular weight excluding hydrogens is 294 g/mol. The van der Waals surface area contributed by atoms with Gasteiger partial charge in [0, 0.05) is 6.42 Å².